The summed E-state index contributed by atoms with van der Waals surface area (Å²) < 4.78 is 0. The topological polar surface area (TPSA) is 49.3 Å². The molecule has 0 heterocycles. The number of fused-ring (bicyclic) bond motifs is 7. The zero-order chi connectivity index (χ0) is 29.6. The maximum atomic E-state index is 11.5. The first kappa shape index (κ1) is 29.2. The van der Waals surface area contributed by atoms with Crippen molar-refractivity contribution in [3.8, 4) is 0 Å². The van der Waals surface area contributed by atoms with E-state index in [4.69, 9.17) is 0 Å². The van der Waals surface area contributed by atoms with E-state index in [1.165, 1.54) is 68.1 Å². The van der Waals surface area contributed by atoms with Gasteiger partial charge in [-0.05, 0) is 146 Å². The fourth-order valence-electron chi connectivity index (χ4n) is 12.7. The lowest BCUT2D eigenvalue weighted by molar-refractivity contribution is -0.219. The van der Waals surface area contributed by atoms with Crippen molar-refractivity contribution in [2.75, 3.05) is 6.54 Å². The Hall–Kier alpha value is -1.87. The molecule has 3 nitrogen and oxygen atoms in total. The lowest BCUT2D eigenvalue weighted by Crippen LogP contribution is -2.68. The summed E-state index contributed by atoms with van der Waals surface area (Å²) in [6.07, 6.45) is 14.4. The minimum absolute atomic E-state index is 0.0556. The number of rotatable bonds is 5. The van der Waals surface area contributed by atoms with Crippen LogP contribution in [0.1, 0.15) is 122 Å². The molecule has 1 aromatic carbocycles. The molecule has 41 heavy (non-hydrogen) atoms. The van der Waals surface area contributed by atoms with Crippen LogP contribution < -0.4 is 5.32 Å². The number of allylic oxidation sites excluding steroid dienone is 3. The maximum absolute atomic E-state index is 11.5. The smallest absolute Gasteiger partial charge is 0.335 e. The van der Waals surface area contributed by atoms with Gasteiger partial charge in [-0.3, -0.25) is 0 Å². The van der Waals surface area contributed by atoms with Crippen molar-refractivity contribution in [2.45, 2.75) is 112 Å². The lowest BCUT2D eigenvalue weighted by Gasteiger charge is -2.72. The Morgan fingerprint density at radius 2 is 1.63 bits per heavy atom. The number of carboxylic acids is 1. The Kier molecular flexibility index (Phi) is 6.82. The molecule has 9 atom stereocenters. The highest BCUT2D eigenvalue weighted by molar-refractivity contribution is 5.88. The van der Waals surface area contributed by atoms with E-state index >= 15 is 0 Å². The van der Waals surface area contributed by atoms with Crippen LogP contribution in [-0.2, 0) is 0 Å². The van der Waals surface area contributed by atoms with Crippen LogP contribution in [0, 0.1) is 51.2 Å². The summed E-state index contributed by atoms with van der Waals surface area (Å²) in [7, 11) is 0. The van der Waals surface area contributed by atoms with E-state index in [9.17, 15) is 9.90 Å². The second kappa shape index (κ2) is 9.57. The molecule has 2 N–H and O–H groups in total. The minimum atomic E-state index is -0.853. The van der Waals surface area contributed by atoms with Crippen LogP contribution in [0.25, 0.3) is 5.57 Å². The number of aromatic carboxylic acids is 1. The Balaban J connectivity index is 1.36. The molecule has 5 aliphatic rings. The Morgan fingerprint density at radius 1 is 0.927 bits per heavy atom. The molecule has 5 aliphatic carbocycles. The number of hydrogen-bond acceptors (Lipinski definition) is 2. The molecule has 224 valence electrons. The highest BCUT2D eigenvalue weighted by Gasteiger charge is 2.70. The lowest BCUT2D eigenvalue weighted by atomic mass is 9.33. The van der Waals surface area contributed by atoms with Gasteiger partial charge in [0.1, 0.15) is 0 Å². The highest BCUT2D eigenvalue weighted by atomic mass is 16.4. The second-order valence-corrected chi connectivity index (χ2v) is 16.3. The molecular weight excluding hydrogens is 502 g/mol. The van der Waals surface area contributed by atoms with Crippen LogP contribution in [0.4, 0.5) is 0 Å². The van der Waals surface area contributed by atoms with E-state index in [2.05, 4.69) is 66.4 Å². The van der Waals surface area contributed by atoms with Crippen molar-refractivity contribution in [3.05, 3.63) is 53.6 Å². The predicted octanol–water partition coefficient (Wildman–Crippen LogP) is 9.40. The van der Waals surface area contributed by atoms with Crippen molar-refractivity contribution in [3.63, 3.8) is 0 Å². The van der Waals surface area contributed by atoms with Gasteiger partial charge in [-0.2, -0.15) is 0 Å². The first-order chi connectivity index (χ1) is 19.2. The molecule has 4 fully saturated rings. The molecule has 0 bridgehead atoms. The zero-order valence-corrected chi connectivity index (χ0v) is 26.9. The number of carboxylic acid groups (broad SMARTS) is 1. The van der Waals surface area contributed by atoms with Gasteiger partial charge in [0.2, 0.25) is 0 Å². The largest absolute Gasteiger partial charge is 0.478 e. The van der Waals surface area contributed by atoms with Crippen molar-refractivity contribution in [2.24, 2.45) is 51.2 Å². The maximum Gasteiger partial charge on any atom is 0.335 e. The normalized spacial score (nSPS) is 44.6. The van der Waals surface area contributed by atoms with Crippen LogP contribution >= 0.6 is 0 Å². The van der Waals surface area contributed by atoms with Gasteiger partial charge in [-0.1, -0.05) is 71.9 Å². The molecule has 0 spiro atoms. The summed E-state index contributed by atoms with van der Waals surface area (Å²) in [5.74, 6) is 2.68. The predicted molar refractivity (Wildman–Crippen MR) is 170 cm³/mol. The van der Waals surface area contributed by atoms with Gasteiger partial charge in [0.25, 0.3) is 0 Å². The minimum Gasteiger partial charge on any atom is -0.478 e. The van der Waals surface area contributed by atoms with E-state index in [0.717, 1.165) is 30.7 Å². The molecule has 3 heteroatoms. The van der Waals surface area contributed by atoms with Gasteiger partial charge in [-0.15, -0.1) is 0 Å². The van der Waals surface area contributed by atoms with Crippen molar-refractivity contribution < 1.29 is 9.90 Å². The average molecular weight is 558 g/mol. The third-order valence-corrected chi connectivity index (χ3v) is 14.6. The third kappa shape index (κ3) is 3.89. The fraction of sp³-hybridized carbons (Fsp3) is 0.711. The third-order valence-electron chi connectivity index (χ3n) is 14.6. The summed E-state index contributed by atoms with van der Waals surface area (Å²) in [6.45, 7) is 23.3. The summed E-state index contributed by atoms with van der Waals surface area (Å²) >= 11 is 0. The fourth-order valence-corrected chi connectivity index (χ4v) is 12.7. The van der Waals surface area contributed by atoms with Crippen molar-refractivity contribution in [1.29, 1.82) is 0 Å². The van der Waals surface area contributed by atoms with E-state index in [1.807, 2.05) is 12.1 Å². The van der Waals surface area contributed by atoms with Crippen LogP contribution in [-0.4, -0.2) is 23.2 Å². The summed E-state index contributed by atoms with van der Waals surface area (Å²) in [5.41, 5.74) is 5.79. The Labute approximate surface area is 249 Å². The standard InChI is InChI=1S/C38H55NO2/c1-9-39-38-21-16-27(24(2)3)32(38)29-14-15-31-35(6)19-17-28(25-10-12-26(13-11-25)33(40)41)34(4,5)30(35)18-20-37(31,8)36(29,7)22-23-38/h10-13,17,27,29-32,39H,2,9,14-16,18-23H2,1,3-8H3,(H,40,41). The summed E-state index contributed by atoms with van der Waals surface area (Å²) in [5, 5.41) is 13.5. The molecule has 0 aliphatic heterocycles. The second-order valence-electron chi connectivity index (χ2n) is 16.3. The Bertz CT molecular complexity index is 1260. The van der Waals surface area contributed by atoms with Gasteiger partial charge in [0, 0.05) is 5.54 Å². The van der Waals surface area contributed by atoms with Gasteiger partial charge < -0.3 is 10.4 Å². The molecule has 0 aromatic heterocycles. The number of carbonyl (C=O) groups is 1. The first-order valence-corrected chi connectivity index (χ1v) is 16.7. The molecule has 1 aromatic rings. The van der Waals surface area contributed by atoms with E-state index < -0.39 is 5.97 Å². The number of nitrogens with one attached hydrogen (secondary N) is 1. The molecular formula is C38H55NO2. The monoisotopic (exact) mass is 557 g/mol. The number of benzene rings is 1. The molecule has 4 saturated carbocycles. The molecule has 0 radical (unpaired) electrons. The van der Waals surface area contributed by atoms with Gasteiger partial charge in [0.15, 0.2) is 0 Å². The van der Waals surface area contributed by atoms with Crippen LogP contribution in [0.15, 0.2) is 42.5 Å². The van der Waals surface area contributed by atoms with Crippen LogP contribution in [0.2, 0.25) is 0 Å². The van der Waals surface area contributed by atoms with E-state index in [1.54, 1.807) is 12.1 Å². The van der Waals surface area contributed by atoms with Gasteiger partial charge in [0.05, 0.1) is 5.56 Å². The van der Waals surface area contributed by atoms with Crippen LogP contribution in [0.3, 0.4) is 0 Å². The van der Waals surface area contributed by atoms with Crippen molar-refractivity contribution >= 4 is 11.5 Å². The highest BCUT2D eigenvalue weighted by Crippen LogP contribution is 2.76. The average Bonchev–Trinajstić information content (AvgIpc) is 3.29. The Morgan fingerprint density at radius 3 is 2.27 bits per heavy atom. The van der Waals surface area contributed by atoms with Crippen LogP contribution in [0.5, 0.6) is 0 Å². The summed E-state index contributed by atoms with van der Waals surface area (Å²) in [4.78, 5) is 11.5. The quantitative estimate of drug-likeness (QED) is 0.355. The van der Waals surface area contributed by atoms with E-state index in [0.29, 0.717) is 33.8 Å². The van der Waals surface area contributed by atoms with Gasteiger partial charge >= 0.3 is 5.97 Å². The van der Waals surface area contributed by atoms with Crippen molar-refractivity contribution in [1.82, 2.24) is 5.32 Å². The molecule has 6 rings (SSSR count). The summed E-state index contributed by atoms with van der Waals surface area (Å²) in [6, 6.07) is 7.63. The number of hydrogen-bond donors (Lipinski definition) is 2. The first-order valence-electron chi connectivity index (χ1n) is 16.7. The molecule has 0 saturated heterocycles. The molecule has 0 amide bonds. The van der Waals surface area contributed by atoms with E-state index in [-0.39, 0.29) is 10.8 Å². The molecule has 9 unspecified atom stereocenters. The van der Waals surface area contributed by atoms with Gasteiger partial charge in [-0.25, -0.2) is 4.79 Å². The SMILES string of the molecule is C=C(C)C1CCC2(NCC)CCC3(C)C(CCC4C5(C)CC=C(c6ccc(C(=O)O)cc6)C(C)(C)C5CCC43C)C12. The zero-order valence-electron chi connectivity index (χ0n) is 26.9.